The Balaban J connectivity index is 0.000000845. The minimum atomic E-state index is 0. The third-order valence-corrected chi connectivity index (χ3v) is 1.37. The van der Waals surface area contributed by atoms with Crippen LogP contribution < -0.4 is 0 Å². The number of hydrogen-bond acceptors (Lipinski definition) is 3. The van der Waals surface area contributed by atoms with E-state index in [1.807, 2.05) is 0 Å². The largest absolute Gasteiger partial charge is 0.400 e. The van der Waals surface area contributed by atoms with Crippen LogP contribution in [0, 0.1) is 12.3 Å². The predicted octanol–water partition coefficient (Wildman–Crippen LogP) is 1.14. The summed E-state index contributed by atoms with van der Waals surface area (Å²) in [5.41, 5.74) is 1.48. The Labute approximate surface area is 102 Å². The number of rotatable bonds is 1. The van der Waals surface area contributed by atoms with Crippen molar-refractivity contribution in [1.29, 1.82) is 0 Å². The van der Waals surface area contributed by atoms with Crippen molar-refractivity contribution in [2.45, 2.75) is 0 Å². The molecule has 13 heavy (non-hydrogen) atoms. The molecule has 0 saturated carbocycles. The van der Waals surface area contributed by atoms with Gasteiger partial charge in [-0.3, -0.25) is 0 Å². The number of aromatic nitrogens is 3. The first-order chi connectivity index (χ1) is 5.97. The molecule has 0 N–H and O–H groups in total. The van der Waals surface area contributed by atoms with Crippen molar-refractivity contribution in [3.05, 3.63) is 43.1 Å². The first-order valence-electron chi connectivity index (χ1n) is 3.47. The molecular weight excluding hydrogens is 239 g/mol. The minimum absolute atomic E-state index is 0. The average molecular weight is 244 g/mol. The van der Waals surface area contributed by atoms with Crippen LogP contribution in [0.4, 0.5) is 0 Å². The first kappa shape index (κ1) is 10.4. The van der Waals surface area contributed by atoms with Gasteiger partial charge in [-0.15, -0.1) is 24.2 Å². The summed E-state index contributed by atoms with van der Waals surface area (Å²) in [7, 11) is 0. The Morgan fingerprint density at radius 1 is 1.15 bits per heavy atom. The van der Waals surface area contributed by atoms with Crippen LogP contribution in [0.5, 0.6) is 0 Å². The average Bonchev–Trinajstić information content (AvgIpc) is 2.21. The summed E-state index contributed by atoms with van der Waals surface area (Å²) in [4.78, 5) is 11.8. The Morgan fingerprint density at radius 3 is 2.69 bits per heavy atom. The van der Waals surface area contributed by atoms with Gasteiger partial charge in [0.05, 0.1) is 0 Å². The SMILES string of the molecule is [Y].[c-]1ccncc1-c1[c-]nccn1. The van der Waals surface area contributed by atoms with E-state index in [2.05, 4.69) is 27.2 Å². The summed E-state index contributed by atoms with van der Waals surface area (Å²) in [6.45, 7) is 0. The second kappa shape index (κ2) is 5.15. The molecule has 61 valence electrons. The summed E-state index contributed by atoms with van der Waals surface area (Å²) in [6.07, 6.45) is 9.30. The van der Waals surface area contributed by atoms with Crippen LogP contribution in [-0.4, -0.2) is 15.0 Å². The van der Waals surface area contributed by atoms with Crippen molar-refractivity contribution in [3.8, 4) is 11.3 Å². The molecule has 0 amide bonds. The molecule has 0 bridgehead atoms. The molecule has 1 radical (unpaired) electrons. The van der Waals surface area contributed by atoms with Crippen molar-refractivity contribution in [2.75, 3.05) is 0 Å². The molecule has 2 heterocycles. The molecule has 0 aliphatic carbocycles. The normalized spacial score (nSPS) is 8.92. The van der Waals surface area contributed by atoms with Crippen LogP contribution in [0.15, 0.2) is 30.9 Å². The first-order valence-corrected chi connectivity index (χ1v) is 3.47. The van der Waals surface area contributed by atoms with Gasteiger partial charge in [0, 0.05) is 32.7 Å². The zero-order chi connectivity index (χ0) is 8.23. The van der Waals surface area contributed by atoms with E-state index in [-0.39, 0.29) is 32.7 Å². The van der Waals surface area contributed by atoms with Crippen molar-refractivity contribution < 1.29 is 32.7 Å². The second-order valence-electron chi connectivity index (χ2n) is 2.17. The quantitative estimate of drug-likeness (QED) is 0.706. The van der Waals surface area contributed by atoms with E-state index in [0.717, 1.165) is 5.56 Å². The molecule has 0 saturated heterocycles. The van der Waals surface area contributed by atoms with E-state index in [1.54, 1.807) is 30.9 Å². The van der Waals surface area contributed by atoms with Crippen LogP contribution in [0.2, 0.25) is 0 Å². The van der Waals surface area contributed by atoms with Gasteiger partial charge in [-0.25, -0.2) is 11.6 Å². The van der Waals surface area contributed by atoms with Gasteiger partial charge in [-0.2, -0.15) is 0 Å². The van der Waals surface area contributed by atoms with Crippen molar-refractivity contribution in [3.63, 3.8) is 0 Å². The van der Waals surface area contributed by atoms with Crippen molar-refractivity contribution in [1.82, 2.24) is 15.0 Å². The third kappa shape index (κ3) is 2.64. The predicted molar refractivity (Wildman–Crippen MR) is 42.9 cm³/mol. The Morgan fingerprint density at radius 2 is 2.08 bits per heavy atom. The molecular formula is C9H5N3Y-2. The third-order valence-electron chi connectivity index (χ3n) is 1.37. The molecule has 2 aromatic rings. The van der Waals surface area contributed by atoms with E-state index in [1.165, 1.54) is 0 Å². The van der Waals surface area contributed by atoms with Gasteiger partial charge in [0.15, 0.2) is 0 Å². The summed E-state index contributed by atoms with van der Waals surface area (Å²) in [6, 6.07) is 4.72. The van der Waals surface area contributed by atoms with Crippen LogP contribution in [0.3, 0.4) is 0 Å². The molecule has 2 aromatic heterocycles. The van der Waals surface area contributed by atoms with Gasteiger partial charge in [-0.05, 0) is 6.20 Å². The zero-order valence-corrected chi connectivity index (χ0v) is 9.64. The van der Waals surface area contributed by atoms with Crippen molar-refractivity contribution in [2.24, 2.45) is 0 Å². The van der Waals surface area contributed by atoms with Gasteiger partial charge in [0.25, 0.3) is 0 Å². The summed E-state index contributed by atoms with van der Waals surface area (Å²) >= 11 is 0. The van der Waals surface area contributed by atoms with Crippen molar-refractivity contribution >= 4 is 0 Å². The minimum Gasteiger partial charge on any atom is -0.400 e. The van der Waals surface area contributed by atoms with Crippen LogP contribution >= 0.6 is 0 Å². The molecule has 2 rings (SSSR count). The number of hydrogen-bond donors (Lipinski definition) is 0. The van der Waals surface area contributed by atoms with Gasteiger partial charge in [0.1, 0.15) is 0 Å². The zero-order valence-electron chi connectivity index (χ0n) is 6.81. The number of pyridine rings is 1. The Bertz CT molecular complexity index is 312. The fourth-order valence-corrected chi connectivity index (χ4v) is 0.853. The Hall–Kier alpha value is -0.666. The topological polar surface area (TPSA) is 38.7 Å². The molecule has 0 fully saturated rings. The molecule has 0 aliphatic heterocycles. The van der Waals surface area contributed by atoms with E-state index in [4.69, 9.17) is 0 Å². The maximum Gasteiger partial charge on any atom is 0 e. The fraction of sp³-hybridized carbons (Fsp3) is 0. The van der Waals surface area contributed by atoms with Gasteiger partial charge < -0.3 is 15.0 Å². The molecule has 3 nitrogen and oxygen atoms in total. The molecule has 4 heteroatoms. The molecule has 0 spiro atoms. The van der Waals surface area contributed by atoms with Gasteiger partial charge in [0.2, 0.25) is 0 Å². The molecule has 0 aliphatic rings. The van der Waals surface area contributed by atoms with E-state index < -0.39 is 0 Å². The maximum atomic E-state index is 4.06. The standard InChI is InChI=1S/C9H5N3.Y/c1-2-8(6-10-3-1)9-7-11-4-5-12-9;/h1,3-6H;/q-2;. The van der Waals surface area contributed by atoms with E-state index >= 15 is 0 Å². The Kier molecular flexibility index (Phi) is 4.12. The smallest absolute Gasteiger partial charge is 0 e. The second-order valence-corrected chi connectivity index (χ2v) is 2.17. The molecule has 0 atom stereocenters. The molecule has 0 aromatic carbocycles. The monoisotopic (exact) mass is 244 g/mol. The summed E-state index contributed by atoms with van der Waals surface area (Å²) < 4.78 is 0. The van der Waals surface area contributed by atoms with Gasteiger partial charge >= 0.3 is 0 Å². The van der Waals surface area contributed by atoms with Gasteiger partial charge in [-0.1, -0.05) is 12.4 Å². The summed E-state index contributed by atoms with van der Waals surface area (Å²) in [5.74, 6) is 0. The van der Waals surface area contributed by atoms with Crippen LogP contribution in [-0.2, 0) is 32.7 Å². The van der Waals surface area contributed by atoms with E-state index in [0.29, 0.717) is 5.69 Å². The maximum absolute atomic E-state index is 4.06. The summed E-state index contributed by atoms with van der Waals surface area (Å²) in [5, 5.41) is 0. The number of nitrogens with zero attached hydrogens (tertiary/aromatic N) is 3. The van der Waals surface area contributed by atoms with Crippen LogP contribution in [0.1, 0.15) is 0 Å². The molecule has 0 unspecified atom stereocenters. The van der Waals surface area contributed by atoms with E-state index in [9.17, 15) is 0 Å². The van der Waals surface area contributed by atoms with Crippen LogP contribution in [0.25, 0.3) is 11.3 Å². The fourth-order valence-electron chi connectivity index (χ4n) is 0.853.